The lowest BCUT2D eigenvalue weighted by Gasteiger charge is -2.24. The molecular weight excluding hydrogens is 510 g/mol. The third kappa shape index (κ3) is 6.62. The topological polar surface area (TPSA) is 159 Å². The molecule has 200 valence electrons. The van der Waals surface area contributed by atoms with Crippen molar-refractivity contribution in [2.24, 2.45) is 5.92 Å². The van der Waals surface area contributed by atoms with Crippen LogP contribution in [0.15, 0.2) is 83.8 Å². The Kier molecular flexibility index (Phi) is 8.52. The van der Waals surface area contributed by atoms with Crippen LogP contribution >= 0.6 is 0 Å². The fourth-order valence-electron chi connectivity index (χ4n) is 4.65. The molecule has 4 rings (SSSR count). The number of carbonyl (C=O) groups excluding carboxylic acids is 1. The summed E-state index contributed by atoms with van der Waals surface area (Å²) in [7, 11) is -4.04. The van der Waals surface area contributed by atoms with E-state index in [1.165, 1.54) is 0 Å². The van der Waals surface area contributed by atoms with Crippen LogP contribution in [0.5, 0.6) is 0 Å². The fourth-order valence-corrected chi connectivity index (χ4v) is 5.72. The highest BCUT2D eigenvalue weighted by molar-refractivity contribution is 7.89. The van der Waals surface area contributed by atoms with Gasteiger partial charge in [-0.3, -0.25) is 14.9 Å². The highest BCUT2D eigenvalue weighted by Crippen LogP contribution is 2.32. The number of fused-ring (bicyclic) bond motifs is 1. The minimum Gasteiger partial charge on any atom is -0.392 e. The monoisotopic (exact) mass is 539 g/mol. The Morgan fingerprint density at radius 2 is 1.68 bits per heavy atom. The molecule has 3 aromatic carbocycles. The van der Waals surface area contributed by atoms with Crippen molar-refractivity contribution in [1.82, 2.24) is 10.0 Å². The van der Waals surface area contributed by atoms with Gasteiger partial charge in [0, 0.05) is 31.0 Å². The molecule has 0 radical (unpaired) electrons. The molecule has 0 bridgehead atoms. The number of aliphatic hydroxyl groups excluding tert-OH is 2. The minimum atomic E-state index is -4.04. The average Bonchev–Trinajstić information content (AvgIpc) is 3.22. The second kappa shape index (κ2) is 11.8. The molecule has 4 atom stereocenters. The van der Waals surface area contributed by atoms with Crippen LogP contribution in [-0.4, -0.2) is 48.2 Å². The maximum Gasteiger partial charge on any atom is 0.269 e. The van der Waals surface area contributed by atoms with Gasteiger partial charge >= 0.3 is 0 Å². The summed E-state index contributed by atoms with van der Waals surface area (Å²) < 4.78 is 27.5. The van der Waals surface area contributed by atoms with Crippen molar-refractivity contribution in [2.75, 3.05) is 6.54 Å². The quantitative estimate of drug-likeness (QED) is 0.215. The zero-order valence-corrected chi connectivity index (χ0v) is 21.3. The Morgan fingerprint density at radius 3 is 2.37 bits per heavy atom. The zero-order valence-electron chi connectivity index (χ0n) is 20.4. The molecule has 0 spiro atoms. The number of nitro groups is 1. The molecule has 11 heteroatoms. The van der Waals surface area contributed by atoms with Crippen LogP contribution in [0.3, 0.4) is 0 Å². The lowest BCUT2D eigenvalue weighted by atomic mass is 9.92. The molecule has 1 amide bonds. The summed E-state index contributed by atoms with van der Waals surface area (Å²) in [5, 5.41) is 35.0. The number of nitro benzene ring substituents is 1. The van der Waals surface area contributed by atoms with Crippen molar-refractivity contribution >= 4 is 21.6 Å². The van der Waals surface area contributed by atoms with Gasteiger partial charge in [0.1, 0.15) is 0 Å². The van der Waals surface area contributed by atoms with Crippen LogP contribution in [-0.2, 0) is 27.7 Å². The number of hydrogen-bond acceptors (Lipinski definition) is 7. The van der Waals surface area contributed by atoms with Gasteiger partial charge in [0.25, 0.3) is 5.69 Å². The lowest BCUT2D eigenvalue weighted by Crippen LogP contribution is -2.41. The van der Waals surface area contributed by atoms with Gasteiger partial charge in [0.15, 0.2) is 0 Å². The molecule has 3 aromatic rings. The predicted molar refractivity (Wildman–Crippen MR) is 140 cm³/mol. The van der Waals surface area contributed by atoms with E-state index in [0.29, 0.717) is 12.8 Å². The summed E-state index contributed by atoms with van der Waals surface area (Å²) in [5.41, 5.74) is 2.45. The largest absolute Gasteiger partial charge is 0.392 e. The van der Waals surface area contributed by atoms with Crippen LogP contribution in [0.4, 0.5) is 5.69 Å². The number of hydrogen-bond donors (Lipinski definition) is 4. The van der Waals surface area contributed by atoms with Crippen molar-refractivity contribution in [1.29, 1.82) is 0 Å². The second-order valence-electron chi connectivity index (χ2n) is 9.34. The summed E-state index contributed by atoms with van der Waals surface area (Å²) in [4.78, 5) is 23.4. The van der Waals surface area contributed by atoms with E-state index in [1.807, 2.05) is 54.6 Å². The van der Waals surface area contributed by atoms with Gasteiger partial charge in [0.05, 0.1) is 28.1 Å². The summed E-state index contributed by atoms with van der Waals surface area (Å²) in [6, 6.07) is 20.6. The summed E-state index contributed by atoms with van der Waals surface area (Å²) in [6.07, 6.45) is -1.26. The summed E-state index contributed by atoms with van der Waals surface area (Å²) >= 11 is 0. The first-order valence-electron chi connectivity index (χ1n) is 12.2. The van der Waals surface area contributed by atoms with Crippen LogP contribution in [0, 0.1) is 16.0 Å². The number of carbonyl (C=O) groups is 1. The predicted octanol–water partition coefficient (Wildman–Crippen LogP) is 2.26. The molecule has 1 aliphatic carbocycles. The van der Waals surface area contributed by atoms with E-state index >= 15 is 0 Å². The molecule has 0 aliphatic heterocycles. The van der Waals surface area contributed by atoms with Crippen molar-refractivity contribution in [2.45, 2.75) is 42.4 Å². The SMILES string of the molecule is O=C(N[C@H]1c2ccccc2C[C@H]1O)[C@H](Cc1ccccc1)C[C@H](O)CNS(=O)(=O)c1ccc([N+](=O)[O-])cc1. The third-order valence-electron chi connectivity index (χ3n) is 6.62. The normalized spacial score (nSPS) is 18.4. The van der Waals surface area contributed by atoms with Gasteiger partial charge in [-0.25, -0.2) is 13.1 Å². The number of amides is 1. The first kappa shape index (κ1) is 27.4. The first-order valence-corrected chi connectivity index (χ1v) is 13.6. The smallest absolute Gasteiger partial charge is 0.269 e. The number of non-ortho nitro benzene ring substituents is 1. The number of nitrogens with one attached hydrogen (secondary N) is 2. The van der Waals surface area contributed by atoms with Crippen LogP contribution in [0.1, 0.15) is 29.2 Å². The van der Waals surface area contributed by atoms with Gasteiger partial charge in [0.2, 0.25) is 15.9 Å². The number of sulfonamides is 1. The highest BCUT2D eigenvalue weighted by Gasteiger charge is 2.34. The Morgan fingerprint density at radius 1 is 1.03 bits per heavy atom. The van der Waals surface area contributed by atoms with E-state index in [-0.39, 0.29) is 29.5 Å². The lowest BCUT2D eigenvalue weighted by molar-refractivity contribution is -0.384. The first-order chi connectivity index (χ1) is 18.1. The maximum atomic E-state index is 13.4. The molecule has 10 nitrogen and oxygen atoms in total. The maximum absolute atomic E-state index is 13.4. The molecule has 1 aliphatic rings. The Bertz CT molecular complexity index is 1380. The number of rotatable bonds is 11. The van der Waals surface area contributed by atoms with E-state index in [4.69, 9.17) is 0 Å². The second-order valence-corrected chi connectivity index (χ2v) is 11.1. The molecule has 0 heterocycles. The molecule has 0 saturated carbocycles. The van der Waals surface area contributed by atoms with Crippen molar-refractivity contribution in [3.05, 3.63) is 106 Å². The van der Waals surface area contributed by atoms with Gasteiger partial charge in [-0.1, -0.05) is 54.6 Å². The van der Waals surface area contributed by atoms with Crippen LogP contribution in [0.25, 0.3) is 0 Å². The number of nitrogens with zero attached hydrogens (tertiary/aromatic N) is 1. The minimum absolute atomic E-state index is 0.0338. The summed E-state index contributed by atoms with van der Waals surface area (Å²) in [6.45, 7) is -0.354. The zero-order chi connectivity index (χ0) is 27.3. The highest BCUT2D eigenvalue weighted by atomic mass is 32.2. The van der Waals surface area contributed by atoms with Crippen molar-refractivity contribution in [3.63, 3.8) is 0 Å². The van der Waals surface area contributed by atoms with Gasteiger partial charge < -0.3 is 15.5 Å². The van der Waals surface area contributed by atoms with Crippen LogP contribution < -0.4 is 10.0 Å². The summed E-state index contributed by atoms with van der Waals surface area (Å²) in [5.74, 6) is -1.05. The van der Waals surface area contributed by atoms with Crippen molar-refractivity contribution in [3.8, 4) is 0 Å². The van der Waals surface area contributed by atoms with Crippen molar-refractivity contribution < 1.29 is 28.3 Å². The molecule has 0 unspecified atom stereocenters. The third-order valence-corrected chi connectivity index (χ3v) is 8.06. The van der Waals surface area contributed by atoms with E-state index in [9.17, 15) is 33.5 Å². The average molecular weight is 540 g/mol. The molecule has 0 fully saturated rings. The fraction of sp³-hybridized carbons (Fsp3) is 0.296. The Balaban J connectivity index is 1.44. The molecule has 4 N–H and O–H groups in total. The van der Waals surface area contributed by atoms with Gasteiger partial charge in [-0.05, 0) is 41.7 Å². The molecule has 0 aromatic heterocycles. The number of aliphatic hydroxyl groups is 2. The number of benzene rings is 3. The standard InChI is InChI=1S/C27H29N3O7S/c31-22(17-28-38(36,37)23-12-10-21(11-13-23)30(34)35)15-20(14-18-6-2-1-3-7-18)27(33)29-26-24-9-5-4-8-19(24)16-25(26)32/h1-13,20,22,25-26,28,31-32H,14-17H2,(H,29,33)/t20-,22+,25-,26+/m1/s1. The Hall–Kier alpha value is -3.64. The van der Waals surface area contributed by atoms with Crippen LogP contribution in [0.2, 0.25) is 0 Å². The molecule has 0 saturated heterocycles. The molecular formula is C27H29N3O7S. The van der Waals surface area contributed by atoms with E-state index in [1.54, 1.807) is 0 Å². The van der Waals surface area contributed by atoms with Gasteiger partial charge in [-0.15, -0.1) is 0 Å². The van der Waals surface area contributed by atoms with Gasteiger partial charge in [-0.2, -0.15) is 0 Å². The van der Waals surface area contributed by atoms with E-state index in [0.717, 1.165) is 41.0 Å². The molecule has 38 heavy (non-hydrogen) atoms. The van der Waals surface area contributed by atoms with E-state index < -0.39 is 39.1 Å². The van der Waals surface area contributed by atoms with E-state index in [2.05, 4.69) is 10.0 Å². The Labute approximate surface area is 220 Å².